The molecule has 0 radical (unpaired) electrons. The molecule has 33 heavy (non-hydrogen) atoms. The molecule has 4 aliphatic carbocycles. The lowest BCUT2D eigenvalue weighted by Gasteiger charge is -2.63. The van der Waals surface area contributed by atoms with Crippen molar-refractivity contribution in [2.24, 2.45) is 28.7 Å². The van der Waals surface area contributed by atoms with Crippen LogP contribution in [-0.2, 0) is 9.47 Å². The number of ether oxygens (including phenoxy) is 2. The monoisotopic (exact) mass is 462 g/mol. The van der Waals surface area contributed by atoms with Crippen molar-refractivity contribution in [2.75, 3.05) is 0 Å². The van der Waals surface area contributed by atoms with Crippen molar-refractivity contribution in [1.29, 1.82) is 0 Å². The van der Waals surface area contributed by atoms with Crippen LogP contribution >= 0.6 is 0 Å². The fourth-order valence-corrected chi connectivity index (χ4v) is 7.98. The molecular formula is C29H54N2O2. The molecule has 4 saturated carbocycles. The van der Waals surface area contributed by atoms with Gasteiger partial charge in [-0.15, -0.1) is 0 Å². The van der Waals surface area contributed by atoms with Crippen molar-refractivity contribution in [3.63, 3.8) is 0 Å². The molecule has 4 aliphatic rings. The van der Waals surface area contributed by atoms with Gasteiger partial charge in [-0.2, -0.15) is 0 Å². The Morgan fingerprint density at radius 2 is 0.970 bits per heavy atom. The average Bonchev–Trinajstić information content (AvgIpc) is 2.80. The van der Waals surface area contributed by atoms with Crippen molar-refractivity contribution < 1.29 is 9.47 Å². The van der Waals surface area contributed by atoms with Crippen molar-refractivity contribution in [2.45, 2.75) is 166 Å². The van der Waals surface area contributed by atoms with Crippen LogP contribution in [0.4, 0.5) is 0 Å². The topological polar surface area (TPSA) is 70.5 Å². The van der Waals surface area contributed by atoms with E-state index < -0.39 is 0 Å². The van der Waals surface area contributed by atoms with Gasteiger partial charge in [-0.1, -0.05) is 66.2 Å². The molecule has 4 fully saturated rings. The Morgan fingerprint density at radius 1 is 0.606 bits per heavy atom. The van der Waals surface area contributed by atoms with Crippen LogP contribution in [0, 0.1) is 17.3 Å². The summed E-state index contributed by atoms with van der Waals surface area (Å²) in [5, 5.41) is 0. The standard InChI is InChI=1S/C29H54N2O2/c1-21-19-28(17-15-25(21)30,32-23-11-7-5-8-12-23)27(3,4)29(18-16-26(31)22(2)20-29)33-24-13-9-6-10-14-24/h21-26H,5-20,30-31H2,1-4H3. The molecule has 4 rings (SSSR count). The number of nitrogens with two attached hydrogens (primary N) is 2. The SMILES string of the molecule is CC1CC(OC2CCCCC2)(C(C)(C)C2(OC3CCCCC3)CCC(N)C(C)C2)CCC1N. The van der Waals surface area contributed by atoms with E-state index in [1.165, 1.54) is 64.2 Å². The summed E-state index contributed by atoms with van der Waals surface area (Å²) < 4.78 is 14.7. The smallest absolute Gasteiger partial charge is 0.0768 e. The molecular weight excluding hydrogens is 408 g/mol. The molecule has 6 atom stereocenters. The zero-order valence-corrected chi connectivity index (χ0v) is 22.2. The first-order valence-corrected chi connectivity index (χ1v) is 14.5. The average molecular weight is 463 g/mol. The summed E-state index contributed by atoms with van der Waals surface area (Å²) in [7, 11) is 0. The lowest BCUT2D eigenvalue weighted by Crippen LogP contribution is -2.67. The third-order valence-electron chi connectivity index (χ3n) is 10.7. The molecule has 4 heteroatoms. The molecule has 0 heterocycles. The fourth-order valence-electron chi connectivity index (χ4n) is 7.98. The van der Waals surface area contributed by atoms with Gasteiger partial charge in [0.15, 0.2) is 0 Å². The van der Waals surface area contributed by atoms with E-state index in [0.717, 1.165) is 38.5 Å². The van der Waals surface area contributed by atoms with E-state index in [-0.39, 0.29) is 28.7 Å². The highest BCUT2D eigenvalue weighted by Crippen LogP contribution is 2.59. The van der Waals surface area contributed by atoms with Gasteiger partial charge in [-0.05, 0) is 76.0 Å². The van der Waals surface area contributed by atoms with Gasteiger partial charge >= 0.3 is 0 Å². The summed E-state index contributed by atoms with van der Waals surface area (Å²) in [6.45, 7) is 9.72. The van der Waals surface area contributed by atoms with Crippen molar-refractivity contribution in [3.05, 3.63) is 0 Å². The highest BCUT2D eigenvalue weighted by atomic mass is 16.5. The third kappa shape index (κ3) is 5.20. The second-order valence-corrected chi connectivity index (χ2v) is 13.1. The van der Waals surface area contributed by atoms with Gasteiger partial charge in [0.1, 0.15) is 0 Å². The van der Waals surface area contributed by atoms with Gasteiger partial charge in [0.05, 0.1) is 23.4 Å². The molecule has 0 saturated heterocycles. The van der Waals surface area contributed by atoms with E-state index >= 15 is 0 Å². The van der Waals surface area contributed by atoms with Crippen molar-refractivity contribution in [1.82, 2.24) is 0 Å². The maximum atomic E-state index is 7.37. The van der Waals surface area contributed by atoms with E-state index in [2.05, 4.69) is 27.7 Å². The Morgan fingerprint density at radius 3 is 1.30 bits per heavy atom. The summed E-state index contributed by atoms with van der Waals surface area (Å²) in [5.41, 5.74) is 12.7. The minimum absolute atomic E-state index is 0.0856. The van der Waals surface area contributed by atoms with Gasteiger partial charge in [0.2, 0.25) is 0 Å². The van der Waals surface area contributed by atoms with Crippen molar-refractivity contribution >= 4 is 0 Å². The Bertz CT molecular complexity index is 575. The fraction of sp³-hybridized carbons (Fsp3) is 1.00. The summed E-state index contributed by atoms with van der Waals surface area (Å²) in [6, 6.07) is 0.579. The second kappa shape index (κ2) is 10.4. The first-order chi connectivity index (χ1) is 15.7. The molecule has 0 aromatic heterocycles. The van der Waals surface area contributed by atoms with E-state index in [0.29, 0.717) is 24.0 Å². The molecule has 0 aromatic rings. The summed E-state index contributed by atoms with van der Waals surface area (Å²) in [4.78, 5) is 0. The van der Waals surface area contributed by atoms with E-state index in [1.54, 1.807) is 0 Å². The van der Waals surface area contributed by atoms with Gasteiger partial charge in [0.25, 0.3) is 0 Å². The highest BCUT2D eigenvalue weighted by Gasteiger charge is 2.62. The minimum Gasteiger partial charge on any atom is -0.371 e. The predicted octanol–water partition coefficient (Wildman–Crippen LogP) is 6.48. The molecule has 4 nitrogen and oxygen atoms in total. The second-order valence-electron chi connectivity index (χ2n) is 13.1. The van der Waals surface area contributed by atoms with Crippen LogP contribution < -0.4 is 11.5 Å². The number of rotatable bonds is 6. The first kappa shape index (κ1) is 25.9. The Hall–Kier alpha value is -0.160. The van der Waals surface area contributed by atoms with Crippen LogP contribution in [0.3, 0.4) is 0 Å². The summed E-state index contributed by atoms with van der Waals surface area (Å²) >= 11 is 0. The van der Waals surface area contributed by atoms with E-state index in [1.807, 2.05) is 0 Å². The minimum atomic E-state index is -0.167. The molecule has 6 unspecified atom stereocenters. The Kier molecular flexibility index (Phi) is 8.21. The normalized spacial score (nSPS) is 42.4. The maximum absolute atomic E-state index is 7.37. The maximum Gasteiger partial charge on any atom is 0.0768 e. The number of hydrogen-bond donors (Lipinski definition) is 2. The lowest BCUT2D eigenvalue weighted by molar-refractivity contribution is -0.280. The zero-order valence-electron chi connectivity index (χ0n) is 22.2. The first-order valence-electron chi connectivity index (χ1n) is 14.5. The summed E-state index contributed by atoms with van der Waals surface area (Å²) in [5.74, 6) is 0.966. The number of hydrogen-bond acceptors (Lipinski definition) is 4. The van der Waals surface area contributed by atoms with Gasteiger partial charge < -0.3 is 20.9 Å². The van der Waals surface area contributed by atoms with Gasteiger partial charge in [-0.3, -0.25) is 0 Å². The van der Waals surface area contributed by atoms with Gasteiger partial charge in [-0.25, -0.2) is 0 Å². The van der Waals surface area contributed by atoms with Gasteiger partial charge in [0, 0.05) is 17.5 Å². The van der Waals surface area contributed by atoms with Crippen LogP contribution in [-0.4, -0.2) is 35.5 Å². The molecule has 0 bridgehead atoms. The van der Waals surface area contributed by atoms with Crippen molar-refractivity contribution in [3.8, 4) is 0 Å². The molecule has 0 spiro atoms. The van der Waals surface area contributed by atoms with Crippen LogP contribution in [0.15, 0.2) is 0 Å². The molecule has 0 amide bonds. The Labute approximate surface area is 204 Å². The van der Waals surface area contributed by atoms with E-state index in [4.69, 9.17) is 20.9 Å². The highest BCUT2D eigenvalue weighted by molar-refractivity contribution is 5.13. The molecule has 0 aliphatic heterocycles. The zero-order chi connectivity index (χ0) is 23.7. The summed E-state index contributed by atoms with van der Waals surface area (Å²) in [6.07, 6.45) is 20.0. The van der Waals surface area contributed by atoms with Crippen LogP contribution in [0.1, 0.15) is 130 Å². The third-order valence-corrected chi connectivity index (χ3v) is 10.7. The molecule has 192 valence electrons. The van der Waals surface area contributed by atoms with E-state index in [9.17, 15) is 0 Å². The van der Waals surface area contributed by atoms with Crippen LogP contribution in [0.5, 0.6) is 0 Å². The predicted molar refractivity (Wildman–Crippen MR) is 137 cm³/mol. The Balaban J connectivity index is 1.69. The van der Waals surface area contributed by atoms with Crippen LogP contribution in [0.25, 0.3) is 0 Å². The largest absolute Gasteiger partial charge is 0.371 e. The quantitative estimate of drug-likeness (QED) is 0.474. The lowest BCUT2D eigenvalue weighted by atomic mass is 9.52. The molecule has 0 aromatic carbocycles. The van der Waals surface area contributed by atoms with Crippen LogP contribution in [0.2, 0.25) is 0 Å². The molecule has 4 N–H and O–H groups in total.